The summed E-state index contributed by atoms with van der Waals surface area (Å²) < 4.78 is 2.37. The van der Waals surface area contributed by atoms with E-state index in [4.69, 9.17) is 0 Å². The maximum absolute atomic E-state index is 2.39. The normalized spacial score (nSPS) is 11.0. The summed E-state index contributed by atoms with van der Waals surface area (Å²) in [6.07, 6.45) is 0. The smallest absolute Gasteiger partial charge is 0.0541 e. The Kier molecular flexibility index (Phi) is 10.7. The number of anilines is 3. The van der Waals surface area contributed by atoms with Crippen molar-refractivity contribution in [3.05, 3.63) is 230 Å². The highest BCUT2D eigenvalue weighted by Gasteiger charge is 2.18. The second kappa shape index (κ2) is 16.8. The van der Waals surface area contributed by atoms with E-state index >= 15 is 0 Å². The Bertz CT molecular complexity index is 3070. The molecule has 60 heavy (non-hydrogen) atoms. The van der Waals surface area contributed by atoms with E-state index < -0.39 is 0 Å². The third kappa shape index (κ3) is 7.29. The summed E-state index contributed by atoms with van der Waals surface area (Å²) in [7, 11) is 0. The van der Waals surface area contributed by atoms with Gasteiger partial charge in [-0.1, -0.05) is 159 Å². The van der Waals surface area contributed by atoms with Crippen LogP contribution in [0.3, 0.4) is 0 Å². The summed E-state index contributed by atoms with van der Waals surface area (Å²) in [5.41, 5.74) is 19.1. The number of fused-ring (bicyclic) bond motifs is 3. The average molecular weight is 773 g/mol. The third-order valence-electron chi connectivity index (χ3n) is 11.5. The van der Waals surface area contributed by atoms with Crippen LogP contribution in [0.1, 0.15) is 25.0 Å². The van der Waals surface area contributed by atoms with Crippen molar-refractivity contribution in [2.75, 3.05) is 4.90 Å². The first kappa shape index (κ1) is 38.1. The first-order chi connectivity index (χ1) is 29.6. The van der Waals surface area contributed by atoms with Crippen LogP contribution in [-0.2, 0) is 0 Å². The molecule has 290 valence electrons. The van der Waals surface area contributed by atoms with E-state index in [1.54, 1.807) is 0 Å². The molecule has 0 aliphatic heterocycles. The topological polar surface area (TPSA) is 8.17 Å². The molecule has 0 bridgehead atoms. The predicted molar refractivity (Wildman–Crippen MR) is 258 cm³/mol. The summed E-state index contributed by atoms with van der Waals surface area (Å²) >= 11 is 0. The minimum absolute atomic E-state index is 1.10. The lowest BCUT2D eigenvalue weighted by molar-refractivity contribution is 1.18. The van der Waals surface area contributed by atoms with E-state index in [9.17, 15) is 0 Å². The van der Waals surface area contributed by atoms with Gasteiger partial charge in [0.1, 0.15) is 0 Å². The minimum atomic E-state index is 1.10. The molecule has 2 heteroatoms. The fraction of sp³-hybridized carbons (Fsp3) is 0.0690. The van der Waals surface area contributed by atoms with Crippen LogP contribution in [0.25, 0.3) is 72.0 Å². The number of nitrogens with zero attached hydrogens (tertiary/aromatic N) is 2. The van der Waals surface area contributed by atoms with Crippen molar-refractivity contribution in [2.45, 2.75) is 27.7 Å². The summed E-state index contributed by atoms with van der Waals surface area (Å²) in [5, 5.41) is 2.51. The molecule has 0 spiro atoms. The van der Waals surface area contributed by atoms with Gasteiger partial charge in [-0.3, -0.25) is 0 Å². The summed E-state index contributed by atoms with van der Waals surface area (Å²) in [4.78, 5) is 2.39. The van der Waals surface area contributed by atoms with Crippen LogP contribution in [0.15, 0.2) is 218 Å². The van der Waals surface area contributed by atoms with Crippen LogP contribution in [0.4, 0.5) is 17.1 Å². The van der Waals surface area contributed by atoms with Crippen LogP contribution in [0.2, 0.25) is 0 Å². The van der Waals surface area contributed by atoms with Gasteiger partial charge in [0.15, 0.2) is 0 Å². The molecule has 0 aliphatic carbocycles. The van der Waals surface area contributed by atoms with Crippen molar-refractivity contribution in [3.8, 4) is 50.2 Å². The summed E-state index contributed by atoms with van der Waals surface area (Å²) in [6.45, 7) is 8.40. The second-order valence-corrected chi connectivity index (χ2v) is 15.1. The molecule has 10 aromatic rings. The lowest BCUT2D eigenvalue weighted by atomic mass is 9.95. The predicted octanol–water partition coefficient (Wildman–Crippen LogP) is 16.6. The van der Waals surface area contributed by atoms with Crippen molar-refractivity contribution in [3.63, 3.8) is 0 Å². The first-order valence-electron chi connectivity index (χ1n) is 21.0. The monoisotopic (exact) mass is 772 g/mol. The SMILES string of the molecule is CC.Cc1ccccc1-c1cc(N(c2ccc(-c3ccccc3)cc2)c2cccc(-c3cccc(-c4ccc5c(c4)c4ccccc4n5-c4ccccc4)c3)c2)ccc1C. The highest BCUT2D eigenvalue weighted by molar-refractivity contribution is 6.10. The zero-order valence-electron chi connectivity index (χ0n) is 34.7. The van der Waals surface area contributed by atoms with Crippen LogP contribution in [-0.4, -0.2) is 4.57 Å². The molecule has 2 nitrogen and oxygen atoms in total. The molecule has 0 aliphatic rings. The fourth-order valence-corrected chi connectivity index (χ4v) is 8.51. The number of aromatic nitrogens is 1. The highest BCUT2D eigenvalue weighted by atomic mass is 15.1. The summed E-state index contributed by atoms with van der Waals surface area (Å²) in [5.74, 6) is 0. The third-order valence-corrected chi connectivity index (χ3v) is 11.5. The van der Waals surface area contributed by atoms with Gasteiger partial charge in [0.05, 0.1) is 11.0 Å². The van der Waals surface area contributed by atoms with E-state index in [-0.39, 0.29) is 0 Å². The number of aryl methyl sites for hydroxylation is 2. The van der Waals surface area contributed by atoms with Crippen molar-refractivity contribution in [1.29, 1.82) is 0 Å². The van der Waals surface area contributed by atoms with Crippen molar-refractivity contribution in [1.82, 2.24) is 4.57 Å². The maximum Gasteiger partial charge on any atom is 0.0541 e. The first-order valence-corrected chi connectivity index (χ1v) is 21.0. The number of rotatable bonds is 8. The van der Waals surface area contributed by atoms with Gasteiger partial charge in [0, 0.05) is 33.5 Å². The van der Waals surface area contributed by atoms with Crippen molar-refractivity contribution < 1.29 is 0 Å². The van der Waals surface area contributed by atoms with Gasteiger partial charge >= 0.3 is 0 Å². The fourth-order valence-electron chi connectivity index (χ4n) is 8.51. The highest BCUT2D eigenvalue weighted by Crippen LogP contribution is 2.41. The quantitative estimate of drug-likeness (QED) is 0.149. The van der Waals surface area contributed by atoms with E-state index in [2.05, 4.69) is 242 Å². The molecular weight excluding hydrogens is 725 g/mol. The number of hydrogen-bond acceptors (Lipinski definition) is 1. The molecule has 0 fully saturated rings. The Balaban J connectivity index is 0.00000228. The molecule has 0 saturated carbocycles. The van der Waals surface area contributed by atoms with Crippen LogP contribution >= 0.6 is 0 Å². The van der Waals surface area contributed by atoms with E-state index in [1.807, 2.05) is 13.8 Å². The molecular formula is C58H48N2. The summed E-state index contributed by atoms with van der Waals surface area (Å²) in [6, 6.07) is 79.3. The van der Waals surface area contributed by atoms with Gasteiger partial charge in [0.2, 0.25) is 0 Å². The molecule has 10 rings (SSSR count). The zero-order valence-corrected chi connectivity index (χ0v) is 34.7. The number of hydrogen-bond donors (Lipinski definition) is 0. The Morgan fingerprint density at radius 1 is 0.317 bits per heavy atom. The van der Waals surface area contributed by atoms with E-state index in [1.165, 1.54) is 83.1 Å². The second-order valence-electron chi connectivity index (χ2n) is 15.1. The Morgan fingerprint density at radius 3 is 1.58 bits per heavy atom. The molecule has 1 aromatic heterocycles. The van der Waals surface area contributed by atoms with E-state index in [0.717, 1.165) is 17.1 Å². The lowest BCUT2D eigenvalue weighted by Crippen LogP contribution is -2.10. The van der Waals surface area contributed by atoms with Crippen LogP contribution in [0.5, 0.6) is 0 Å². The molecule has 1 heterocycles. The molecule has 0 saturated heterocycles. The molecule has 9 aromatic carbocycles. The number of benzene rings is 9. The molecule has 0 radical (unpaired) electrons. The van der Waals surface area contributed by atoms with E-state index in [0.29, 0.717) is 0 Å². The van der Waals surface area contributed by atoms with Gasteiger partial charge in [-0.25, -0.2) is 0 Å². The van der Waals surface area contributed by atoms with Gasteiger partial charge < -0.3 is 9.47 Å². The molecule has 0 unspecified atom stereocenters. The standard InChI is InChI=1S/C56H42N2.C2H6/c1-39-15-9-10-24-51(39)53-38-50(31-27-40(53)2)57(48-32-28-42(29-33-48)41-16-5-3-6-17-41)49-23-14-20-45(36-49)43-18-13-19-44(35-43)46-30-34-56-54(37-46)52-25-11-12-26-55(52)58(56)47-21-7-4-8-22-47;1-2/h3-38H,1-2H3;1-2H3. The van der Waals surface area contributed by atoms with Crippen LogP contribution < -0.4 is 4.90 Å². The Labute approximate surface area is 354 Å². The zero-order chi connectivity index (χ0) is 41.0. The van der Waals surface area contributed by atoms with Gasteiger partial charge in [-0.2, -0.15) is 0 Å². The average Bonchev–Trinajstić information content (AvgIpc) is 3.65. The largest absolute Gasteiger partial charge is 0.310 e. The molecule has 0 amide bonds. The number of para-hydroxylation sites is 2. The van der Waals surface area contributed by atoms with Crippen molar-refractivity contribution in [2.24, 2.45) is 0 Å². The molecule has 0 atom stereocenters. The Hall–Kier alpha value is -7.42. The van der Waals surface area contributed by atoms with Gasteiger partial charge in [-0.05, 0) is 142 Å². The minimum Gasteiger partial charge on any atom is -0.310 e. The van der Waals surface area contributed by atoms with Crippen LogP contribution in [0, 0.1) is 13.8 Å². The molecule has 0 N–H and O–H groups in total. The lowest BCUT2D eigenvalue weighted by Gasteiger charge is -2.27. The van der Waals surface area contributed by atoms with Gasteiger partial charge in [-0.15, -0.1) is 0 Å². The van der Waals surface area contributed by atoms with Gasteiger partial charge in [0.25, 0.3) is 0 Å². The Morgan fingerprint density at radius 2 is 0.833 bits per heavy atom. The van der Waals surface area contributed by atoms with Crippen molar-refractivity contribution >= 4 is 38.9 Å². The maximum atomic E-state index is 2.39.